The third kappa shape index (κ3) is 5.87. The number of halogens is 3. The normalized spacial score (nSPS) is 11.6. The minimum atomic E-state index is -4.51. The molecule has 11 heteroatoms. The summed E-state index contributed by atoms with van der Waals surface area (Å²) in [5, 5.41) is 9.58. The number of aromatic nitrogens is 4. The van der Waals surface area contributed by atoms with E-state index in [1.54, 1.807) is 48.4 Å². The highest BCUT2D eigenvalue weighted by molar-refractivity contribution is 5.61. The molecule has 2 aromatic carbocycles. The number of nitriles is 1. The molecular formula is C27H21F3N6O2. The Bertz CT molecular complexity index is 1590. The first-order valence-corrected chi connectivity index (χ1v) is 11.2. The van der Waals surface area contributed by atoms with E-state index in [0.717, 1.165) is 6.07 Å². The van der Waals surface area contributed by atoms with Gasteiger partial charge in [0.2, 0.25) is 11.5 Å². The molecule has 4 rings (SSSR count). The lowest BCUT2D eigenvalue weighted by atomic mass is 10.1. The van der Waals surface area contributed by atoms with Crippen molar-refractivity contribution in [2.24, 2.45) is 4.99 Å². The lowest BCUT2D eigenvalue weighted by molar-refractivity contribution is -0.138. The van der Waals surface area contributed by atoms with Crippen molar-refractivity contribution < 1.29 is 22.6 Å². The predicted molar refractivity (Wildman–Crippen MR) is 132 cm³/mol. The van der Waals surface area contributed by atoms with E-state index < -0.39 is 11.7 Å². The highest BCUT2D eigenvalue weighted by Gasteiger charge is 2.32. The fraction of sp³-hybridized carbons (Fsp3) is 0.148. The molecule has 0 unspecified atom stereocenters. The van der Waals surface area contributed by atoms with Crippen LogP contribution in [0, 0.1) is 18.3 Å². The molecule has 0 spiro atoms. The van der Waals surface area contributed by atoms with Crippen molar-refractivity contribution in [2.75, 3.05) is 7.05 Å². The zero-order valence-corrected chi connectivity index (χ0v) is 20.4. The first-order chi connectivity index (χ1) is 18.2. The molecule has 0 aliphatic carbocycles. The van der Waals surface area contributed by atoms with Crippen molar-refractivity contribution in [1.82, 2.24) is 19.5 Å². The van der Waals surface area contributed by atoms with Gasteiger partial charge >= 0.3 is 6.18 Å². The van der Waals surface area contributed by atoms with E-state index >= 15 is 0 Å². The average molecular weight is 518 g/mol. The van der Waals surface area contributed by atoms with Crippen molar-refractivity contribution in [3.05, 3.63) is 107 Å². The summed E-state index contributed by atoms with van der Waals surface area (Å²) >= 11 is 0. The van der Waals surface area contributed by atoms with E-state index in [0.29, 0.717) is 22.4 Å². The minimum absolute atomic E-state index is 0.0234. The molecule has 38 heavy (non-hydrogen) atoms. The maximum Gasteiger partial charge on any atom is 0.416 e. The van der Waals surface area contributed by atoms with Crippen molar-refractivity contribution in [3.8, 4) is 23.4 Å². The van der Waals surface area contributed by atoms with Gasteiger partial charge in [0.1, 0.15) is 30.5 Å². The lowest BCUT2D eigenvalue weighted by Gasteiger charge is -2.14. The Labute approximate surface area is 216 Å². The van der Waals surface area contributed by atoms with Gasteiger partial charge in [-0.25, -0.2) is 9.97 Å². The summed E-state index contributed by atoms with van der Waals surface area (Å²) in [4.78, 5) is 16.6. The molecule has 0 amide bonds. The number of hydrogen-bond donors (Lipinski definition) is 0. The van der Waals surface area contributed by atoms with E-state index in [4.69, 9.17) is 9.47 Å². The van der Waals surface area contributed by atoms with Crippen molar-refractivity contribution >= 4 is 5.70 Å². The van der Waals surface area contributed by atoms with Crippen LogP contribution in [0.2, 0.25) is 0 Å². The molecule has 0 bridgehead atoms. The monoisotopic (exact) mass is 518 g/mol. The van der Waals surface area contributed by atoms with Gasteiger partial charge in [-0.15, -0.1) is 0 Å². The zero-order chi connectivity index (χ0) is 27.3. The summed E-state index contributed by atoms with van der Waals surface area (Å²) in [7, 11) is 1.58. The third-order valence-corrected chi connectivity index (χ3v) is 5.47. The smallest absolute Gasteiger partial charge is 0.416 e. The number of alkyl halides is 3. The van der Waals surface area contributed by atoms with Gasteiger partial charge in [0.05, 0.1) is 16.8 Å². The van der Waals surface area contributed by atoms with Crippen LogP contribution in [0.3, 0.4) is 0 Å². The molecule has 0 fully saturated rings. The Kier molecular flexibility index (Phi) is 7.53. The molecule has 0 N–H and O–H groups in total. The topological polar surface area (TPSA) is 98.2 Å². The summed E-state index contributed by atoms with van der Waals surface area (Å²) in [6.07, 6.45) is 1.86. The first kappa shape index (κ1) is 26.1. The van der Waals surface area contributed by atoms with Crippen LogP contribution in [0.5, 0.6) is 17.4 Å². The Balaban J connectivity index is 1.49. The molecule has 0 saturated heterocycles. The zero-order valence-electron chi connectivity index (χ0n) is 20.4. The number of benzene rings is 2. The van der Waals surface area contributed by atoms with Gasteiger partial charge in [-0.1, -0.05) is 18.7 Å². The fourth-order valence-corrected chi connectivity index (χ4v) is 3.53. The summed E-state index contributed by atoms with van der Waals surface area (Å²) in [5.41, 5.74) is 1.68. The Hall–Kier alpha value is -4.98. The minimum Gasteiger partial charge on any atom is -0.473 e. The number of hydrogen-bond acceptors (Lipinski definition) is 7. The predicted octanol–water partition coefficient (Wildman–Crippen LogP) is 5.29. The van der Waals surface area contributed by atoms with Crippen LogP contribution in [0.15, 0.2) is 79.0 Å². The van der Waals surface area contributed by atoms with Crippen LogP contribution < -0.4 is 15.1 Å². The number of aryl methyl sites for hydroxylation is 1. The van der Waals surface area contributed by atoms with Crippen LogP contribution in [-0.4, -0.2) is 26.6 Å². The van der Waals surface area contributed by atoms with Gasteiger partial charge < -0.3 is 9.47 Å². The summed E-state index contributed by atoms with van der Waals surface area (Å²) < 4.78 is 52.8. The second-order valence-electron chi connectivity index (χ2n) is 8.04. The van der Waals surface area contributed by atoms with E-state index in [1.807, 2.05) is 6.07 Å². The van der Waals surface area contributed by atoms with E-state index in [2.05, 4.69) is 26.5 Å². The van der Waals surface area contributed by atoms with Crippen LogP contribution >= 0.6 is 0 Å². The van der Waals surface area contributed by atoms with Gasteiger partial charge in [0.25, 0.3) is 0 Å². The standard InChI is InChI=1S/C27H21F3N6O2/c1-17-4-6-22(11-23(17)27(28,29)30)38-24-7-5-19(10-20(24)12-31)15-37-25-8-9-36(26(32-3)35-25)18(2)21-13-33-16-34-14-21/h4-11,13-14,16H,2,15H2,1,3H3. The van der Waals surface area contributed by atoms with Gasteiger partial charge in [0, 0.05) is 37.3 Å². The van der Waals surface area contributed by atoms with E-state index in [-0.39, 0.29) is 35.1 Å². The maximum atomic E-state index is 13.2. The van der Waals surface area contributed by atoms with Crippen LogP contribution in [0.25, 0.3) is 5.70 Å². The van der Waals surface area contributed by atoms with Crippen molar-refractivity contribution in [1.29, 1.82) is 5.26 Å². The third-order valence-electron chi connectivity index (χ3n) is 5.47. The second-order valence-corrected chi connectivity index (χ2v) is 8.04. The summed E-state index contributed by atoms with van der Waals surface area (Å²) in [6, 6.07) is 12.0. The van der Waals surface area contributed by atoms with E-state index in [9.17, 15) is 18.4 Å². The summed E-state index contributed by atoms with van der Waals surface area (Å²) in [5.74, 6) is 0.393. The molecular weight excluding hydrogens is 497 g/mol. The molecule has 0 aliphatic rings. The van der Waals surface area contributed by atoms with Crippen LogP contribution in [0.4, 0.5) is 13.2 Å². The van der Waals surface area contributed by atoms with E-state index in [1.165, 1.54) is 31.5 Å². The van der Waals surface area contributed by atoms with Gasteiger partial charge in [-0.3, -0.25) is 9.56 Å². The van der Waals surface area contributed by atoms with Crippen molar-refractivity contribution in [2.45, 2.75) is 19.7 Å². The summed E-state index contributed by atoms with van der Waals surface area (Å²) in [6.45, 7) is 5.49. The van der Waals surface area contributed by atoms with Crippen LogP contribution in [-0.2, 0) is 12.8 Å². The largest absolute Gasteiger partial charge is 0.473 e. The molecule has 0 saturated carbocycles. The molecule has 0 radical (unpaired) electrons. The number of nitrogens with zero attached hydrogens (tertiary/aromatic N) is 6. The Morgan fingerprint density at radius 3 is 2.58 bits per heavy atom. The highest BCUT2D eigenvalue weighted by Crippen LogP contribution is 2.35. The molecule has 2 heterocycles. The number of rotatable bonds is 7. The van der Waals surface area contributed by atoms with Gasteiger partial charge in [-0.2, -0.15) is 23.4 Å². The molecule has 192 valence electrons. The highest BCUT2D eigenvalue weighted by atomic mass is 19.4. The maximum absolute atomic E-state index is 13.2. The quantitative estimate of drug-likeness (QED) is 0.330. The van der Waals surface area contributed by atoms with Crippen molar-refractivity contribution in [3.63, 3.8) is 0 Å². The second kappa shape index (κ2) is 11.0. The first-order valence-electron chi connectivity index (χ1n) is 11.2. The Morgan fingerprint density at radius 1 is 1.13 bits per heavy atom. The SMILES string of the molecule is C=C(c1cncnc1)n1ccc(OCc2ccc(Oc3ccc(C)c(C(F)(F)F)c3)c(C#N)c2)nc1=NC. The lowest BCUT2D eigenvalue weighted by Crippen LogP contribution is -2.24. The molecule has 2 aromatic heterocycles. The number of ether oxygens (including phenoxy) is 2. The molecule has 4 aromatic rings. The van der Waals surface area contributed by atoms with Gasteiger partial charge in [-0.05, 0) is 42.3 Å². The Morgan fingerprint density at radius 2 is 1.89 bits per heavy atom. The van der Waals surface area contributed by atoms with Gasteiger partial charge in [0.15, 0.2) is 0 Å². The fourth-order valence-electron chi connectivity index (χ4n) is 3.53. The average Bonchev–Trinajstić information content (AvgIpc) is 2.92. The van der Waals surface area contributed by atoms with Crippen LogP contribution in [0.1, 0.15) is 27.8 Å². The molecule has 0 atom stereocenters. The molecule has 0 aliphatic heterocycles. The molecule has 8 nitrogen and oxygen atoms in total.